The highest BCUT2D eigenvalue weighted by atomic mass is 19.4. The van der Waals surface area contributed by atoms with Crippen molar-refractivity contribution < 1.29 is 35.8 Å². The Balaban J connectivity index is 1.89. The Bertz CT molecular complexity index is 1320. The molecule has 1 heterocycles. The van der Waals surface area contributed by atoms with E-state index in [-0.39, 0.29) is 18.9 Å². The predicted octanol–water partition coefficient (Wildman–Crippen LogP) is 5.17. The topological polar surface area (TPSA) is 56.3 Å². The lowest BCUT2D eigenvalue weighted by atomic mass is 9.70. The van der Waals surface area contributed by atoms with Crippen LogP contribution in [-0.2, 0) is 11.8 Å². The third kappa shape index (κ3) is 7.65. The molecular weight excluding hydrogens is 523 g/mol. The first kappa shape index (κ1) is 27.8. The van der Waals surface area contributed by atoms with Crippen LogP contribution in [0.5, 0.6) is 11.5 Å². The molecule has 0 radical (unpaired) electrons. The van der Waals surface area contributed by atoms with Crippen LogP contribution in [0.3, 0.4) is 0 Å². The number of rotatable bonds is 9. The van der Waals surface area contributed by atoms with Gasteiger partial charge in [0.05, 0.1) is 0 Å². The van der Waals surface area contributed by atoms with E-state index in [9.17, 15) is 26.3 Å². The molecule has 0 spiro atoms. The van der Waals surface area contributed by atoms with E-state index in [1.807, 2.05) is 20.0 Å². The molecule has 0 amide bonds. The molecule has 5 nitrogen and oxygen atoms in total. The summed E-state index contributed by atoms with van der Waals surface area (Å²) in [5, 5.41) is 3.12. The highest BCUT2D eigenvalue weighted by Gasteiger charge is 2.38. The summed E-state index contributed by atoms with van der Waals surface area (Å²) < 4.78 is 86.8. The molecule has 3 aromatic carbocycles. The minimum atomic E-state index is -4.94. The van der Waals surface area contributed by atoms with Crippen molar-refractivity contribution in [3.05, 3.63) is 108 Å². The van der Waals surface area contributed by atoms with Gasteiger partial charge in [-0.25, -0.2) is 9.97 Å². The second-order valence-electron chi connectivity index (χ2n) is 8.83. The van der Waals surface area contributed by atoms with Crippen LogP contribution in [0.15, 0.2) is 91.3 Å². The summed E-state index contributed by atoms with van der Waals surface area (Å²) in [5.74, 6) is -0.693. The van der Waals surface area contributed by atoms with Crippen molar-refractivity contribution in [1.82, 2.24) is 9.97 Å². The number of anilines is 1. The molecule has 4 aromatic rings. The number of nitrogens with zero attached hydrogens (tertiary/aromatic N) is 2. The van der Waals surface area contributed by atoms with Crippen molar-refractivity contribution in [3.8, 4) is 11.5 Å². The smallest absolute Gasteiger partial charge is 0.406 e. The zero-order valence-electron chi connectivity index (χ0n) is 20.6. The summed E-state index contributed by atoms with van der Waals surface area (Å²) in [7, 11) is 1.81. The normalized spacial score (nSPS) is 12.2. The van der Waals surface area contributed by atoms with E-state index in [2.05, 4.69) is 24.8 Å². The second-order valence-corrected chi connectivity index (χ2v) is 8.83. The molecule has 0 atom stereocenters. The van der Waals surface area contributed by atoms with Crippen LogP contribution < -0.4 is 20.3 Å². The van der Waals surface area contributed by atoms with Crippen LogP contribution in [0.2, 0.25) is 0 Å². The predicted molar refractivity (Wildman–Crippen MR) is 136 cm³/mol. The first-order chi connectivity index (χ1) is 18.4. The van der Waals surface area contributed by atoms with Crippen LogP contribution in [-0.4, -0.2) is 37.1 Å². The highest BCUT2D eigenvalue weighted by molar-refractivity contribution is 6.31. The van der Waals surface area contributed by atoms with Crippen molar-refractivity contribution in [3.63, 3.8) is 0 Å². The van der Waals surface area contributed by atoms with Crippen LogP contribution in [0, 0.1) is 0 Å². The van der Waals surface area contributed by atoms with E-state index < -0.39 is 29.6 Å². The maximum Gasteiger partial charge on any atom is 0.573 e. The van der Waals surface area contributed by atoms with Crippen molar-refractivity contribution in [2.24, 2.45) is 0 Å². The molecule has 0 aliphatic carbocycles. The number of hydrogen-bond donors (Lipinski definition) is 1. The number of nitrogens with one attached hydrogen (secondary N) is 1. The van der Waals surface area contributed by atoms with E-state index in [1.165, 1.54) is 24.3 Å². The fourth-order valence-electron chi connectivity index (χ4n) is 4.28. The number of alkyl halides is 6. The van der Waals surface area contributed by atoms with E-state index in [0.29, 0.717) is 11.1 Å². The molecule has 0 aliphatic heterocycles. The summed E-state index contributed by atoms with van der Waals surface area (Å²) >= 11 is 0. The van der Waals surface area contributed by atoms with Gasteiger partial charge in [0, 0.05) is 24.4 Å². The maximum atomic E-state index is 13.1. The Morgan fingerprint density at radius 2 is 1.21 bits per heavy atom. The second kappa shape index (κ2) is 11.3. The SMILES string of the molecule is Bc1cnc(NCC(Cc2ccccc2)(c2cccc(OC(F)(F)F)c2)c2cccc(OC(F)(F)F)c2)nc1. The molecule has 12 heteroatoms. The zero-order valence-corrected chi connectivity index (χ0v) is 20.6. The molecule has 0 saturated carbocycles. The van der Waals surface area contributed by atoms with Crippen molar-refractivity contribution >= 4 is 19.3 Å². The van der Waals surface area contributed by atoms with Gasteiger partial charge in [-0.2, -0.15) is 0 Å². The molecular formula is C27H22BF6N3O2. The van der Waals surface area contributed by atoms with Gasteiger partial charge < -0.3 is 14.8 Å². The summed E-state index contributed by atoms with van der Waals surface area (Å²) in [5.41, 5.74) is 1.10. The van der Waals surface area contributed by atoms with Gasteiger partial charge in [-0.1, -0.05) is 60.1 Å². The first-order valence-electron chi connectivity index (χ1n) is 11.7. The van der Waals surface area contributed by atoms with Crippen molar-refractivity contribution in [2.45, 2.75) is 24.6 Å². The van der Waals surface area contributed by atoms with Crippen molar-refractivity contribution in [1.29, 1.82) is 0 Å². The zero-order chi connectivity index (χ0) is 28.1. The largest absolute Gasteiger partial charge is 0.573 e. The lowest BCUT2D eigenvalue weighted by Gasteiger charge is -2.36. The molecule has 202 valence electrons. The van der Waals surface area contributed by atoms with E-state index in [0.717, 1.165) is 23.2 Å². The summed E-state index contributed by atoms with van der Waals surface area (Å²) in [6.07, 6.45) is -6.50. The Kier molecular flexibility index (Phi) is 8.03. The van der Waals surface area contributed by atoms with Crippen LogP contribution in [0.4, 0.5) is 32.3 Å². The van der Waals surface area contributed by atoms with Crippen LogP contribution >= 0.6 is 0 Å². The molecule has 0 bridgehead atoms. The molecule has 39 heavy (non-hydrogen) atoms. The number of aromatic nitrogens is 2. The Morgan fingerprint density at radius 3 is 1.69 bits per heavy atom. The van der Waals surface area contributed by atoms with Gasteiger partial charge in [-0.15, -0.1) is 26.3 Å². The van der Waals surface area contributed by atoms with Gasteiger partial charge in [0.2, 0.25) is 5.95 Å². The third-order valence-corrected chi connectivity index (χ3v) is 5.92. The number of hydrogen-bond acceptors (Lipinski definition) is 5. The van der Waals surface area contributed by atoms with Gasteiger partial charge in [-0.3, -0.25) is 0 Å². The quantitative estimate of drug-likeness (QED) is 0.232. The minimum Gasteiger partial charge on any atom is -0.406 e. The van der Waals surface area contributed by atoms with Gasteiger partial charge in [-0.05, 0) is 47.4 Å². The molecule has 0 aliphatic rings. The standard InChI is InChI=1S/C27H22BF6N3O2/c28-21-15-35-24(36-16-21)37-17-25(14-18-6-2-1-3-7-18,19-8-4-10-22(12-19)38-26(29,30)31)20-9-5-11-23(13-20)39-27(32,33)34/h1-13,15-16H,14,17,28H2,(H,35,36,37). The van der Waals surface area contributed by atoms with E-state index in [4.69, 9.17) is 0 Å². The van der Waals surface area contributed by atoms with Gasteiger partial charge in [0.25, 0.3) is 0 Å². The molecule has 4 rings (SSSR count). The fraction of sp³-hybridized carbons (Fsp3) is 0.185. The van der Waals surface area contributed by atoms with Crippen molar-refractivity contribution in [2.75, 3.05) is 11.9 Å². The fourth-order valence-corrected chi connectivity index (χ4v) is 4.28. The summed E-state index contributed by atoms with van der Waals surface area (Å²) in [4.78, 5) is 8.48. The molecule has 0 fully saturated rings. The van der Waals surface area contributed by atoms with E-state index in [1.54, 1.807) is 42.7 Å². The molecule has 1 aromatic heterocycles. The Hall–Kier alpha value is -4.22. The molecule has 1 N–H and O–H groups in total. The number of ether oxygens (including phenoxy) is 2. The average Bonchev–Trinajstić information content (AvgIpc) is 2.86. The maximum absolute atomic E-state index is 13.1. The Morgan fingerprint density at radius 1 is 0.692 bits per heavy atom. The number of halogens is 6. The van der Waals surface area contributed by atoms with Crippen LogP contribution in [0.1, 0.15) is 16.7 Å². The lowest BCUT2D eigenvalue weighted by Crippen LogP contribution is -2.38. The van der Waals surface area contributed by atoms with E-state index >= 15 is 0 Å². The third-order valence-electron chi connectivity index (χ3n) is 5.92. The van der Waals surface area contributed by atoms with Crippen LogP contribution in [0.25, 0.3) is 0 Å². The minimum absolute atomic E-state index is 0.00982. The first-order valence-corrected chi connectivity index (χ1v) is 11.7. The van der Waals surface area contributed by atoms with Gasteiger partial charge in [0.1, 0.15) is 19.3 Å². The van der Waals surface area contributed by atoms with Gasteiger partial charge in [0.15, 0.2) is 0 Å². The highest BCUT2D eigenvalue weighted by Crippen LogP contribution is 2.40. The molecule has 0 saturated heterocycles. The Labute approximate surface area is 221 Å². The average molecular weight is 545 g/mol. The monoisotopic (exact) mass is 545 g/mol. The summed E-state index contributed by atoms with van der Waals surface area (Å²) in [6, 6.07) is 19.8. The lowest BCUT2D eigenvalue weighted by molar-refractivity contribution is -0.275. The summed E-state index contributed by atoms with van der Waals surface area (Å²) in [6.45, 7) is 0.00982. The number of benzene rings is 3. The molecule has 0 unspecified atom stereocenters. The van der Waals surface area contributed by atoms with Gasteiger partial charge >= 0.3 is 12.7 Å².